The third kappa shape index (κ3) is 5.06. The van der Waals surface area contributed by atoms with Crippen LogP contribution >= 0.6 is 11.6 Å². The highest BCUT2D eigenvalue weighted by molar-refractivity contribution is 6.32. The van der Waals surface area contributed by atoms with Crippen LogP contribution in [-0.2, 0) is 20.9 Å². The summed E-state index contributed by atoms with van der Waals surface area (Å²) < 4.78 is 10.4. The summed E-state index contributed by atoms with van der Waals surface area (Å²) >= 11 is 6.07. The molecule has 1 unspecified atom stereocenters. The Bertz CT molecular complexity index is 1260. The number of nitrogens with zero attached hydrogens (tertiary/aromatic N) is 1. The first-order valence-corrected chi connectivity index (χ1v) is 10.7. The van der Waals surface area contributed by atoms with E-state index in [9.17, 15) is 14.4 Å². The smallest absolute Gasteiger partial charge is 0.411 e. The fraction of sp³-hybridized carbons (Fsp3) is 0.250. The van der Waals surface area contributed by atoms with Gasteiger partial charge in [-0.3, -0.25) is 25.2 Å². The maximum atomic E-state index is 12.3. The molecule has 2 N–H and O–H groups in total. The van der Waals surface area contributed by atoms with Crippen LogP contribution in [0.3, 0.4) is 0 Å². The number of methoxy groups -OCH3 is 1. The van der Waals surface area contributed by atoms with E-state index in [2.05, 4.69) is 15.6 Å². The quantitative estimate of drug-likeness (QED) is 0.536. The number of carbonyl (C=O) groups is 3. The Hall–Kier alpha value is -3.65. The van der Waals surface area contributed by atoms with E-state index < -0.39 is 12.0 Å². The summed E-state index contributed by atoms with van der Waals surface area (Å²) in [5.74, 6) is -0.413. The highest BCUT2D eigenvalue weighted by Gasteiger charge is 2.29. The van der Waals surface area contributed by atoms with Crippen molar-refractivity contribution in [2.45, 2.75) is 32.3 Å². The van der Waals surface area contributed by atoms with Crippen molar-refractivity contribution in [1.29, 1.82) is 0 Å². The number of halogens is 1. The fourth-order valence-corrected chi connectivity index (χ4v) is 4.06. The number of aryl methyl sites for hydroxylation is 1. The van der Waals surface area contributed by atoms with Crippen LogP contribution in [0.4, 0.5) is 10.5 Å². The number of nitrogens with one attached hydrogen (secondary N) is 2. The molecule has 8 nitrogen and oxygen atoms in total. The van der Waals surface area contributed by atoms with Crippen LogP contribution in [0.2, 0.25) is 5.02 Å². The van der Waals surface area contributed by atoms with Gasteiger partial charge in [-0.1, -0.05) is 23.7 Å². The average molecular weight is 468 g/mol. The van der Waals surface area contributed by atoms with Gasteiger partial charge in [0, 0.05) is 23.2 Å². The van der Waals surface area contributed by atoms with Crippen LogP contribution in [0.1, 0.15) is 35.6 Å². The molecule has 0 bridgehead atoms. The van der Waals surface area contributed by atoms with E-state index in [1.807, 2.05) is 31.2 Å². The van der Waals surface area contributed by atoms with E-state index in [-0.39, 0.29) is 18.4 Å². The molecule has 0 aliphatic carbocycles. The Balaban J connectivity index is 1.44. The molecule has 170 valence electrons. The number of ether oxygens (including phenoxy) is 2. The lowest BCUT2D eigenvalue weighted by Gasteiger charge is -2.22. The second-order valence-electron chi connectivity index (χ2n) is 7.74. The van der Waals surface area contributed by atoms with Gasteiger partial charge in [-0.2, -0.15) is 0 Å². The zero-order valence-electron chi connectivity index (χ0n) is 18.1. The molecule has 1 atom stereocenters. The van der Waals surface area contributed by atoms with Crippen molar-refractivity contribution in [2.75, 3.05) is 12.4 Å². The molecule has 9 heteroatoms. The Labute approximate surface area is 195 Å². The zero-order valence-corrected chi connectivity index (χ0v) is 18.9. The number of hydrogen-bond acceptors (Lipinski definition) is 6. The molecule has 2 aromatic carbocycles. The highest BCUT2D eigenvalue weighted by Crippen LogP contribution is 2.30. The van der Waals surface area contributed by atoms with Gasteiger partial charge in [-0.15, -0.1) is 0 Å². The van der Waals surface area contributed by atoms with Crippen molar-refractivity contribution in [2.24, 2.45) is 0 Å². The molecular weight excluding hydrogens is 446 g/mol. The summed E-state index contributed by atoms with van der Waals surface area (Å²) in [5, 5.41) is 6.26. The van der Waals surface area contributed by atoms with Gasteiger partial charge in [0.2, 0.25) is 11.8 Å². The number of carbonyl (C=O) groups excluding carboxylic acids is 3. The second kappa shape index (κ2) is 9.46. The molecule has 0 saturated carbocycles. The minimum absolute atomic E-state index is 0.0568. The molecule has 3 aromatic rings. The molecule has 0 spiro atoms. The van der Waals surface area contributed by atoms with Gasteiger partial charge >= 0.3 is 6.09 Å². The van der Waals surface area contributed by atoms with Crippen LogP contribution in [-0.4, -0.2) is 30.0 Å². The molecule has 3 amide bonds. The van der Waals surface area contributed by atoms with Crippen molar-refractivity contribution in [3.63, 3.8) is 0 Å². The number of benzene rings is 2. The molecular formula is C24H22ClN3O5. The average Bonchev–Trinajstić information content (AvgIpc) is 2.77. The predicted octanol–water partition coefficient (Wildman–Crippen LogP) is 4.47. The summed E-state index contributed by atoms with van der Waals surface area (Å²) in [6, 6.07) is 12.4. The van der Waals surface area contributed by atoms with Crippen molar-refractivity contribution in [3.8, 4) is 5.75 Å². The third-order valence-electron chi connectivity index (χ3n) is 5.49. The van der Waals surface area contributed by atoms with Crippen molar-refractivity contribution in [3.05, 3.63) is 64.3 Å². The van der Waals surface area contributed by atoms with E-state index in [1.165, 1.54) is 7.11 Å². The van der Waals surface area contributed by atoms with Crippen molar-refractivity contribution >= 4 is 46.1 Å². The summed E-state index contributed by atoms with van der Waals surface area (Å²) in [6.07, 6.45) is 0.169. The molecule has 4 rings (SSSR count). The molecule has 1 aromatic heterocycles. The van der Waals surface area contributed by atoms with E-state index in [0.29, 0.717) is 29.3 Å². The van der Waals surface area contributed by atoms with Crippen molar-refractivity contribution in [1.82, 2.24) is 10.3 Å². The number of piperidine rings is 1. The molecule has 1 aliphatic heterocycles. The van der Waals surface area contributed by atoms with Gasteiger partial charge in [-0.25, -0.2) is 4.79 Å². The number of imide groups is 1. The lowest BCUT2D eigenvalue weighted by Crippen LogP contribution is -2.39. The van der Waals surface area contributed by atoms with Gasteiger partial charge in [0.25, 0.3) is 0 Å². The minimum atomic E-state index is -0.617. The Morgan fingerprint density at radius 1 is 1.21 bits per heavy atom. The fourth-order valence-electron chi connectivity index (χ4n) is 3.81. The number of hydrogen-bond donors (Lipinski definition) is 2. The van der Waals surface area contributed by atoms with Gasteiger partial charge in [0.15, 0.2) is 0 Å². The number of fused-ring (bicyclic) bond motifs is 1. The van der Waals surface area contributed by atoms with Crippen molar-refractivity contribution < 1.29 is 23.9 Å². The molecule has 2 heterocycles. The van der Waals surface area contributed by atoms with Gasteiger partial charge in [0.1, 0.15) is 12.4 Å². The standard InChI is InChI=1S/C24H22ClN3O5/c1-13-18(17-6-8-22(29)28-23(17)30)10-15-4-3-14(9-20(15)26-13)12-33-24(31)27-16-5-7-21(32-2)19(25)11-16/h3-5,7,9-11,17H,6,8,12H2,1-2H3,(H,27,31)(H,28,29,30). The van der Waals surface area contributed by atoms with Crippen LogP contribution < -0.4 is 15.4 Å². The van der Waals surface area contributed by atoms with Crippen LogP contribution in [0.15, 0.2) is 42.5 Å². The Morgan fingerprint density at radius 3 is 2.76 bits per heavy atom. The second-order valence-corrected chi connectivity index (χ2v) is 8.15. The maximum absolute atomic E-state index is 12.3. The molecule has 1 saturated heterocycles. The lowest BCUT2D eigenvalue weighted by molar-refractivity contribution is -0.134. The number of amides is 3. The third-order valence-corrected chi connectivity index (χ3v) is 5.79. The normalized spacial score (nSPS) is 15.8. The number of rotatable bonds is 5. The van der Waals surface area contributed by atoms with E-state index in [1.54, 1.807) is 18.2 Å². The van der Waals surface area contributed by atoms with Gasteiger partial charge in [-0.05, 0) is 54.8 Å². The minimum Gasteiger partial charge on any atom is -0.495 e. The first kappa shape index (κ1) is 22.5. The largest absolute Gasteiger partial charge is 0.495 e. The molecule has 0 radical (unpaired) electrons. The monoisotopic (exact) mass is 467 g/mol. The summed E-state index contributed by atoms with van der Waals surface area (Å²) in [7, 11) is 1.51. The zero-order chi connectivity index (χ0) is 23.5. The van der Waals surface area contributed by atoms with Gasteiger partial charge < -0.3 is 9.47 Å². The van der Waals surface area contributed by atoms with Crippen LogP contribution in [0.25, 0.3) is 10.9 Å². The topological polar surface area (TPSA) is 107 Å². The first-order chi connectivity index (χ1) is 15.8. The Morgan fingerprint density at radius 2 is 2.03 bits per heavy atom. The number of aromatic nitrogens is 1. The van der Waals surface area contributed by atoms with Crippen LogP contribution in [0, 0.1) is 6.92 Å². The SMILES string of the molecule is COc1ccc(NC(=O)OCc2ccc3cc(C4CCC(=O)NC4=O)c(C)nc3c2)cc1Cl. The summed E-state index contributed by atoms with van der Waals surface area (Å²) in [6.45, 7) is 1.90. The lowest BCUT2D eigenvalue weighted by atomic mass is 9.89. The maximum Gasteiger partial charge on any atom is 0.411 e. The van der Waals surface area contributed by atoms with Gasteiger partial charge in [0.05, 0.1) is 23.6 Å². The molecule has 1 fully saturated rings. The Kier molecular flexibility index (Phi) is 6.46. The molecule has 1 aliphatic rings. The number of anilines is 1. The number of pyridine rings is 1. The first-order valence-electron chi connectivity index (χ1n) is 10.3. The summed E-state index contributed by atoms with van der Waals surface area (Å²) in [5.41, 5.74) is 3.53. The van der Waals surface area contributed by atoms with E-state index in [4.69, 9.17) is 21.1 Å². The predicted molar refractivity (Wildman–Crippen MR) is 123 cm³/mol. The van der Waals surface area contributed by atoms with Crippen LogP contribution in [0.5, 0.6) is 5.75 Å². The highest BCUT2D eigenvalue weighted by atomic mass is 35.5. The van der Waals surface area contributed by atoms with E-state index in [0.717, 1.165) is 27.7 Å². The molecule has 33 heavy (non-hydrogen) atoms. The summed E-state index contributed by atoms with van der Waals surface area (Å²) in [4.78, 5) is 40.5. The van der Waals surface area contributed by atoms with E-state index >= 15 is 0 Å².